The molecule has 4 aromatic rings. The molecule has 2 aromatic carbocycles. The molecule has 0 spiro atoms. The predicted octanol–water partition coefficient (Wildman–Crippen LogP) is 3.72. The van der Waals surface area contributed by atoms with Crippen LogP contribution in [-0.2, 0) is 0 Å². The number of aryl methyl sites for hydroxylation is 1. The molecule has 0 saturated carbocycles. The van der Waals surface area contributed by atoms with Gasteiger partial charge in [-0.05, 0) is 36.6 Å². The molecule has 2 aromatic heterocycles. The molecule has 0 aliphatic heterocycles. The van der Waals surface area contributed by atoms with E-state index in [4.69, 9.17) is 9.47 Å². The third-order valence-electron chi connectivity index (χ3n) is 4.55. The number of hydrogen-bond acceptors (Lipinski definition) is 6. The Labute approximate surface area is 178 Å². The van der Waals surface area contributed by atoms with Gasteiger partial charge in [0.2, 0.25) is 4.96 Å². The minimum Gasteiger partial charge on any atom is -0.493 e. The van der Waals surface area contributed by atoms with E-state index >= 15 is 0 Å². The van der Waals surface area contributed by atoms with Crippen molar-refractivity contribution in [1.29, 1.82) is 0 Å². The molecule has 0 unspecified atom stereocenters. The van der Waals surface area contributed by atoms with E-state index in [2.05, 4.69) is 23.9 Å². The van der Waals surface area contributed by atoms with Crippen LogP contribution in [0.15, 0.2) is 47.3 Å². The second-order valence-electron chi connectivity index (χ2n) is 7.53. The lowest BCUT2D eigenvalue weighted by Gasteiger charge is -2.12. The molecule has 0 bridgehead atoms. The second-order valence-corrected chi connectivity index (χ2v) is 8.54. The van der Waals surface area contributed by atoms with E-state index in [0.717, 1.165) is 16.7 Å². The number of aromatic nitrogens is 3. The third kappa shape index (κ3) is 4.07. The average molecular weight is 422 g/mol. The summed E-state index contributed by atoms with van der Waals surface area (Å²) < 4.78 is 13.2. The molecule has 30 heavy (non-hydrogen) atoms. The molecule has 0 N–H and O–H groups in total. The van der Waals surface area contributed by atoms with Gasteiger partial charge in [0.05, 0.1) is 18.2 Å². The molecule has 7 heteroatoms. The summed E-state index contributed by atoms with van der Waals surface area (Å²) in [6, 6.07) is 13.6. The van der Waals surface area contributed by atoms with Gasteiger partial charge < -0.3 is 9.47 Å². The fraction of sp³-hybridized carbons (Fsp3) is 0.261. The van der Waals surface area contributed by atoms with E-state index in [1.807, 2.05) is 55.5 Å². The number of rotatable bonds is 6. The smallest absolute Gasteiger partial charge is 0.291 e. The van der Waals surface area contributed by atoms with E-state index in [1.165, 1.54) is 15.9 Å². The summed E-state index contributed by atoms with van der Waals surface area (Å²) in [4.78, 5) is 17.9. The number of thiazole rings is 1. The first-order valence-electron chi connectivity index (χ1n) is 9.74. The lowest BCUT2D eigenvalue weighted by Crippen LogP contribution is -2.23. The fourth-order valence-electron chi connectivity index (χ4n) is 2.96. The van der Waals surface area contributed by atoms with Crippen molar-refractivity contribution in [2.75, 3.05) is 13.7 Å². The Balaban J connectivity index is 1.67. The van der Waals surface area contributed by atoms with Gasteiger partial charge in [-0.15, -0.1) is 5.10 Å². The Morgan fingerprint density at radius 3 is 2.57 bits per heavy atom. The average Bonchev–Trinajstić information content (AvgIpc) is 3.27. The van der Waals surface area contributed by atoms with Gasteiger partial charge in [0, 0.05) is 5.56 Å². The van der Waals surface area contributed by atoms with Crippen molar-refractivity contribution in [2.24, 2.45) is 5.92 Å². The van der Waals surface area contributed by atoms with Crippen LogP contribution in [0.3, 0.4) is 0 Å². The summed E-state index contributed by atoms with van der Waals surface area (Å²) in [5, 5.41) is 4.40. The first kappa shape index (κ1) is 20.1. The monoisotopic (exact) mass is 421 g/mol. The van der Waals surface area contributed by atoms with E-state index in [-0.39, 0.29) is 5.56 Å². The molecule has 0 atom stereocenters. The topological polar surface area (TPSA) is 65.7 Å². The van der Waals surface area contributed by atoms with Crippen molar-refractivity contribution in [3.63, 3.8) is 0 Å². The molecule has 154 valence electrons. The highest BCUT2D eigenvalue weighted by Gasteiger charge is 2.12. The highest BCUT2D eigenvalue weighted by atomic mass is 32.1. The van der Waals surface area contributed by atoms with E-state index < -0.39 is 0 Å². The Morgan fingerprint density at radius 2 is 1.90 bits per heavy atom. The first-order valence-corrected chi connectivity index (χ1v) is 10.6. The molecule has 0 aliphatic carbocycles. The summed E-state index contributed by atoms with van der Waals surface area (Å²) in [6.07, 6.45) is 1.82. The predicted molar refractivity (Wildman–Crippen MR) is 119 cm³/mol. The summed E-state index contributed by atoms with van der Waals surface area (Å²) in [5.41, 5.74) is 2.73. The normalized spacial score (nSPS) is 12.1. The minimum absolute atomic E-state index is 0.181. The van der Waals surface area contributed by atoms with E-state index in [0.29, 0.717) is 39.3 Å². The van der Waals surface area contributed by atoms with Gasteiger partial charge in [-0.2, -0.15) is 9.50 Å². The third-order valence-corrected chi connectivity index (χ3v) is 5.51. The van der Waals surface area contributed by atoms with Crippen LogP contribution in [0.4, 0.5) is 0 Å². The number of hydrogen-bond donors (Lipinski definition) is 0. The Bertz CT molecular complexity index is 1290. The van der Waals surface area contributed by atoms with Gasteiger partial charge in [0.25, 0.3) is 5.56 Å². The Morgan fingerprint density at radius 1 is 1.13 bits per heavy atom. The van der Waals surface area contributed by atoms with Crippen molar-refractivity contribution >= 4 is 22.4 Å². The molecular weight excluding hydrogens is 398 g/mol. The van der Waals surface area contributed by atoms with Crippen molar-refractivity contribution < 1.29 is 9.47 Å². The quantitative estimate of drug-likeness (QED) is 0.475. The number of methoxy groups -OCH3 is 1. The van der Waals surface area contributed by atoms with Gasteiger partial charge in [0.15, 0.2) is 17.3 Å². The summed E-state index contributed by atoms with van der Waals surface area (Å²) >= 11 is 1.32. The van der Waals surface area contributed by atoms with Crippen molar-refractivity contribution in [1.82, 2.24) is 14.6 Å². The highest BCUT2D eigenvalue weighted by Crippen LogP contribution is 2.28. The van der Waals surface area contributed by atoms with Gasteiger partial charge >= 0.3 is 0 Å². The highest BCUT2D eigenvalue weighted by molar-refractivity contribution is 7.15. The van der Waals surface area contributed by atoms with Crippen molar-refractivity contribution in [3.05, 3.63) is 68.5 Å². The van der Waals surface area contributed by atoms with Gasteiger partial charge in [-0.25, -0.2) is 0 Å². The standard InChI is InChI=1S/C23H23N3O3S/c1-14(2)13-29-18-10-7-16(11-19(18)28-4)12-20-22(27)26-23(30-20)24-21(25-26)17-8-5-15(3)6-9-17/h5-12,14H,13H2,1-4H3. The summed E-state index contributed by atoms with van der Waals surface area (Å²) in [5.74, 6) is 2.30. The van der Waals surface area contributed by atoms with Crippen LogP contribution >= 0.6 is 11.3 Å². The SMILES string of the molecule is COc1cc(C=c2sc3nc(-c4ccc(C)cc4)nn3c2=O)ccc1OCC(C)C. The van der Waals surface area contributed by atoms with Crippen LogP contribution in [0.5, 0.6) is 11.5 Å². The molecular formula is C23H23N3O3S. The lowest BCUT2D eigenvalue weighted by molar-refractivity contribution is 0.257. The maximum atomic E-state index is 12.8. The van der Waals surface area contributed by atoms with Crippen molar-refractivity contribution in [3.8, 4) is 22.9 Å². The van der Waals surface area contributed by atoms with E-state index in [1.54, 1.807) is 7.11 Å². The number of nitrogens with zero attached hydrogens (tertiary/aromatic N) is 3. The van der Waals surface area contributed by atoms with Gasteiger partial charge in [-0.1, -0.05) is 61.1 Å². The molecule has 6 nitrogen and oxygen atoms in total. The number of fused-ring (bicyclic) bond motifs is 1. The molecule has 0 fully saturated rings. The molecule has 2 heterocycles. The van der Waals surface area contributed by atoms with Crippen LogP contribution in [-0.4, -0.2) is 28.3 Å². The zero-order valence-electron chi connectivity index (χ0n) is 17.4. The zero-order chi connectivity index (χ0) is 21.3. The maximum absolute atomic E-state index is 12.8. The number of benzene rings is 2. The number of ether oxygens (including phenoxy) is 2. The fourth-order valence-corrected chi connectivity index (χ4v) is 3.87. The van der Waals surface area contributed by atoms with Crippen LogP contribution < -0.4 is 19.6 Å². The second kappa shape index (κ2) is 8.28. The Hall–Kier alpha value is -3.19. The van der Waals surface area contributed by atoms with Crippen LogP contribution in [0, 0.1) is 12.8 Å². The molecule has 0 saturated heterocycles. The van der Waals surface area contributed by atoms with Gasteiger partial charge in [-0.3, -0.25) is 4.79 Å². The van der Waals surface area contributed by atoms with Crippen LogP contribution in [0.2, 0.25) is 0 Å². The molecule has 0 radical (unpaired) electrons. The largest absolute Gasteiger partial charge is 0.493 e. The zero-order valence-corrected chi connectivity index (χ0v) is 18.2. The molecule has 4 rings (SSSR count). The van der Waals surface area contributed by atoms with Crippen LogP contribution in [0.25, 0.3) is 22.4 Å². The molecule has 0 aliphatic rings. The lowest BCUT2D eigenvalue weighted by atomic mass is 10.1. The first-order chi connectivity index (χ1) is 14.4. The molecule has 0 amide bonds. The minimum atomic E-state index is -0.181. The summed E-state index contributed by atoms with van der Waals surface area (Å²) in [6.45, 7) is 6.83. The maximum Gasteiger partial charge on any atom is 0.291 e. The Kier molecular flexibility index (Phi) is 5.55. The van der Waals surface area contributed by atoms with Crippen LogP contribution in [0.1, 0.15) is 25.0 Å². The summed E-state index contributed by atoms with van der Waals surface area (Å²) in [7, 11) is 1.61. The van der Waals surface area contributed by atoms with Crippen molar-refractivity contribution in [2.45, 2.75) is 20.8 Å². The van der Waals surface area contributed by atoms with Gasteiger partial charge in [0.1, 0.15) is 0 Å². The van der Waals surface area contributed by atoms with E-state index in [9.17, 15) is 4.79 Å².